The predicted octanol–water partition coefficient (Wildman–Crippen LogP) is 2.39. The molecule has 134 valence electrons. The van der Waals surface area contributed by atoms with Gasteiger partial charge in [0.05, 0.1) is 13.2 Å². The minimum Gasteiger partial charge on any atom is -0.379 e. The zero-order valence-electron chi connectivity index (χ0n) is 14.4. The second-order valence-electron chi connectivity index (χ2n) is 5.78. The summed E-state index contributed by atoms with van der Waals surface area (Å²) >= 11 is 1.20. The molecule has 0 spiro atoms. The summed E-state index contributed by atoms with van der Waals surface area (Å²) in [4.78, 5) is 16.8. The van der Waals surface area contributed by atoms with Gasteiger partial charge in [-0.3, -0.25) is 10.2 Å². The third kappa shape index (κ3) is 4.75. The Bertz CT molecular complexity index is 673. The van der Waals surface area contributed by atoms with E-state index >= 15 is 0 Å². The van der Waals surface area contributed by atoms with Crippen LogP contribution >= 0.6 is 11.5 Å². The van der Waals surface area contributed by atoms with Crippen molar-refractivity contribution in [3.63, 3.8) is 0 Å². The summed E-state index contributed by atoms with van der Waals surface area (Å²) in [5, 5.41) is 7.80. The molecule has 1 aromatic heterocycles. The fourth-order valence-corrected chi connectivity index (χ4v) is 3.31. The van der Waals surface area contributed by atoms with Crippen molar-refractivity contribution in [3.05, 3.63) is 30.3 Å². The van der Waals surface area contributed by atoms with Crippen LogP contribution in [0.1, 0.15) is 6.92 Å². The average Bonchev–Trinajstić information content (AvgIpc) is 3.12. The van der Waals surface area contributed by atoms with E-state index in [1.54, 1.807) is 0 Å². The second kappa shape index (κ2) is 8.89. The molecular weight excluding hydrogens is 338 g/mol. The normalized spacial score (nSPS) is 15.1. The Morgan fingerprint density at radius 2 is 2.08 bits per heavy atom. The summed E-state index contributed by atoms with van der Waals surface area (Å²) in [5.74, 6) is 0. The van der Waals surface area contributed by atoms with Gasteiger partial charge < -0.3 is 9.64 Å². The number of urea groups is 1. The first kappa shape index (κ1) is 17.8. The topological polar surface area (TPSA) is 70.6 Å². The van der Waals surface area contributed by atoms with Gasteiger partial charge in [0.15, 0.2) is 0 Å². The van der Waals surface area contributed by atoms with Crippen LogP contribution < -0.4 is 5.32 Å². The molecule has 2 amide bonds. The number of hydrogen-bond donors (Lipinski definition) is 1. The molecule has 1 N–H and O–H groups in total. The first-order chi connectivity index (χ1) is 12.3. The third-order valence-electron chi connectivity index (χ3n) is 4.21. The predicted molar refractivity (Wildman–Crippen MR) is 98.9 cm³/mol. The Hall–Kier alpha value is -2.03. The Morgan fingerprint density at radius 1 is 1.32 bits per heavy atom. The van der Waals surface area contributed by atoms with Crippen LogP contribution in [-0.2, 0) is 4.74 Å². The maximum absolute atomic E-state index is 12.6. The number of morpholine rings is 1. The molecule has 0 atom stereocenters. The Balaban J connectivity index is 1.60. The molecule has 25 heavy (non-hydrogen) atoms. The average molecular weight is 361 g/mol. The smallest absolute Gasteiger partial charge is 0.322 e. The molecule has 3 rings (SSSR count). The number of anilines is 1. The van der Waals surface area contributed by atoms with E-state index in [4.69, 9.17) is 4.74 Å². The molecule has 7 nitrogen and oxygen atoms in total. The van der Waals surface area contributed by atoms with Gasteiger partial charge in [0.25, 0.3) is 0 Å². The lowest BCUT2D eigenvalue weighted by Gasteiger charge is -2.29. The van der Waals surface area contributed by atoms with Crippen molar-refractivity contribution in [3.8, 4) is 11.3 Å². The highest BCUT2D eigenvalue weighted by Gasteiger charge is 2.18. The molecule has 2 aromatic rings. The van der Waals surface area contributed by atoms with Gasteiger partial charge in [-0.2, -0.15) is 0 Å². The van der Waals surface area contributed by atoms with Crippen LogP contribution in [0, 0.1) is 0 Å². The minimum absolute atomic E-state index is 0.112. The highest BCUT2D eigenvalue weighted by Crippen LogP contribution is 2.28. The van der Waals surface area contributed by atoms with E-state index in [0.29, 0.717) is 23.8 Å². The van der Waals surface area contributed by atoms with Crippen molar-refractivity contribution in [2.24, 2.45) is 0 Å². The van der Waals surface area contributed by atoms with Crippen molar-refractivity contribution in [1.29, 1.82) is 0 Å². The van der Waals surface area contributed by atoms with E-state index in [9.17, 15) is 4.79 Å². The summed E-state index contributed by atoms with van der Waals surface area (Å²) in [6, 6.07) is 9.65. The van der Waals surface area contributed by atoms with Crippen molar-refractivity contribution in [2.45, 2.75) is 6.92 Å². The maximum Gasteiger partial charge on any atom is 0.322 e. The van der Waals surface area contributed by atoms with Crippen molar-refractivity contribution < 1.29 is 9.53 Å². The largest absolute Gasteiger partial charge is 0.379 e. The van der Waals surface area contributed by atoms with Crippen LogP contribution in [0.5, 0.6) is 0 Å². The Morgan fingerprint density at radius 3 is 2.80 bits per heavy atom. The second-order valence-corrected chi connectivity index (χ2v) is 6.53. The van der Waals surface area contributed by atoms with Crippen molar-refractivity contribution in [2.75, 3.05) is 51.3 Å². The maximum atomic E-state index is 12.6. The highest BCUT2D eigenvalue weighted by molar-refractivity contribution is 7.10. The van der Waals surface area contributed by atoms with Crippen LogP contribution in [0.25, 0.3) is 11.3 Å². The Kier molecular flexibility index (Phi) is 6.32. The molecule has 8 heteroatoms. The van der Waals surface area contributed by atoms with E-state index in [2.05, 4.69) is 19.8 Å². The number of likely N-dealkylation sites (N-methyl/N-ethyl adjacent to an activating group) is 1. The molecular formula is C17H23N5O2S. The molecule has 1 aliphatic heterocycles. The van der Waals surface area contributed by atoms with Gasteiger partial charge in [0.1, 0.15) is 10.7 Å². The summed E-state index contributed by atoms with van der Waals surface area (Å²) in [6.07, 6.45) is 0. The lowest BCUT2D eigenvalue weighted by molar-refractivity contribution is 0.0353. The number of carbonyl (C=O) groups excluding carboxylic acids is 1. The summed E-state index contributed by atoms with van der Waals surface area (Å²) < 4.78 is 9.35. The molecule has 0 bridgehead atoms. The molecule has 0 saturated carbocycles. The fraction of sp³-hybridized carbons (Fsp3) is 0.471. The first-order valence-electron chi connectivity index (χ1n) is 8.51. The van der Waals surface area contributed by atoms with Crippen molar-refractivity contribution in [1.82, 2.24) is 19.4 Å². The van der Waals surface area contributed by atoms with E-state index in [0.717, 1.165) is 38.4 Å². The summed E-state index contributed by atoms with van der Waals surface area (Å²) in [7, 11) is 0. The number of hydrogen-bond acceptors (Lipinski definition) is 6. The molecule has 0 aliphatic carbocycles. The van der Waals surface area contributed by atoms with E-state index in [1.807, 2.05) is 42.2 Å². The van der Waals surface area contributed by atoms with Gasteiger partial charge >= 0.3 is 6.03 Å². The molecule has 1 aliphatic rings. The minimum atomic E-state index is -0.112. The van der Waals surface area contributed by atoms with Gasteiger partial charge in [0, 0.05) is 49.8 Å². The van der Waals surface area contributed by atoms with Gasteiger partial charge in [-0.1, -0.05) is 34.8 Å². The van der Waals surface area contributed by atoms with Crippen LogP contribution in [0.3, 0.4) is 0 Å². The van der Waals surface area contributed by atoms with E-state index < -0.39 is 0 Å². The van der Waals surface area contributed by atoms with Gasteiger partial charge in [-0.15, -0.1) is 5.10 Å². The number of amides is 2. The van der Waals surface area contributed by atoms with Crippen molar-refractivity contribution >= 4 is 22.6 Å². The molecule has 1 fully saturated rings. The number of carbonyl (C=O) groups is 1. The monoisotopic (exact) mass is 361 g/mol. The number of rotatable bonds is 6. The standard InChI is InChI=1S/C17H23N5O2S/c1-2-22(9-8-21-10-12-24-13-11-21)17(23)18-16-15(19-20-25-16)14-6-4-3-5-7-14/h3-7H,2,8-13H2,1H3,(H,18,23). The number of nitrogens with one attached hydrogen (secondary N) is 1. The quantitative estimate of drug-likeness (QED) is 0.855. The summed E-state index contributed by atoms with van der Waals surface area (Å²) in [5.41, 5.74) is 1.66. The zero-order chi connectivity index (χ0) is 17.5. The summed E-state index contributed by atoms with van der Waals surface area (Å²) in [6.45, 7) is 7.58. The zero-order valence-corrected chi connectivity index (χ0v) is 15.2. The first-order valence-corrected chi connectivity index (χ1v) is 9.29. The van der Waals surface area contributed by atoms with E-state index in [1.165, 1.54) is 11.5 Å². The molecule has 1 saturated heterocycles. The number of nitrogens with zero attached hydrogens (tertiary/aromatic N) is 4. The Labute approximate surface area is 151 Å². The molecule has 0 radical (unpaired) electrons. The van der Waals surface area contributed by atoms with Gasteiger partial charge in [-0.05, 0) is 6.92 Å². The lowest BCUT2D eigenvalue weighted by atomic mass is 10.2. The molecule has 2 heterocycles. The molecule has 0 unspecified atom stereocenters. The lowest BCUT2D eigenvalue weighted by Crippen LogP contribution is -2.44. The number of aromatic nitrogens is 2. The third-order valence-corrected chi connectivity index (χ3v) is 4.86. The number of ether oxygens (including phenoxy) is 1. The SMILES string of the molecule is CCN(CCN1CCOCC1)C(=O)Nc1snnc1-c1ccccc1. The fourth-order valence-electron chi connectivity index (χ4n) is 2.72. The molecule has 1 aromatic carbocycles. The van der Waals surface area contributed by atoms with Crippen LogP contribution in [0.2, 0.25) is 0 Å². The van der Waals surface area contributed by atoms with Crippen LogP contribution in [0.4, 0.5) is 9.80 Å². The van der Waals surface area contributed by atoms with Crippen LogP contribution in [0.15, 0.2) is 30.3 Å². The van der Waals surface area contributed by atoms with Gasteiger partial charge in [0.2, 0.25) is 0 Å². The van der Waals surface area contributed by atoms with Gasteiger partial charge in [-0.25, -0.2) is 4.79 Å². The number of benzene rings is 1. The highest BCUT2D eigenvalue weighted by atomic mass is 32.1. The van der Waals surface area contributed by atoms with Crippen LogP contribution in [-0.4, -0.2) is 71.4 Å². The van der Waals surface area contributed by atoms with E-state index in [-0.39, 0.29) is 6.03 Å².